The van der Waals surface area contributed by atoms with Crippen molar-refractivity contribution in [1.29, 1.82) is 0 Å². The Kier molecular flexibility index (Phi) is 4.17. The SMILES string of the molecule is CCCC(C)Nc1cc(C(=O)O)ccc1N. The first-order chi connectivity index (χ1) is 7.54. The normalized spacial score (nSPS) is 12.1. The number of hydrogen-bond donors (Lipinski definition) is 3. The van der Waals surface area contributed by atoms with Crippen LogP contribution in [0.1, 0.15) is 37.0 Å². The second kappa shape index (κ2) is 5.39. The molecule has 0 fully saturated rings. The Bertz CT molecular complexity index is 377. The minimum atomic E-state index is -0.939. The van der Waals surface area contributed by atoms with E-state index >= 15 is 0 Å². The Morgan fingerprint density at radius 3 is 2.81 bits per heavy atom. The largest absolute Gasteiger partial charge is 0.478 e. The second-order valence-electron chi connectivity index (χ2n) is 3.94. The number of benzene rings is 1. The fourth-order valence-electron chi connectivity index (χ4n) is 1.58. The van der Waals surface area contributed by atoms with Gasteiger partial charge in [-0.05, 0) is 31.5 Å². The van der Waals surface area contributed by atoms with Crippen LogP contribution in [0.15, 0.2) is 18.2 Å². The second-order valence-corrected chi connectivity index (χ2v) is 3.94. The zero-order valence-electron chi connectivity index (χ0n) is 9.66. The smallest absolute Gasteiger partial charge is 0.335 e. The van der Waals surface area contributed by atoms with Crippen molar-refractivity contribution < 1.29 is 9.90 Å². The fourth-order valence-corrected chi connectivity index (χ4v) is 1.58. The van der Waals surface area contributed by atoms with Crippen LogP contribution >= 0.6 is 0 Å². The van der Waals surface area contributed by atoms with Gasteiger partial charge >= 0.3 is 5.97 Å². The Morgan fingerprint density at radius 1 is 1.56 bits per heavy atom. The highest BCUT2D eigenvalue weighted by molar-refractivity contribution is 5.90. The van der Waals surface area contributed by atoms with E-state index in [2.05, 4.69) is 19.2 Å². The van der Waals surface area contributed by atoms with E-state index in [0.29, 0.717) is 11.4 Å². The van der Waals surface area contributed by atoms with Gasteiger partial charge in [0.1, 0.15) is 0 Å². The molecular formula is C12H18N2O2. The predicted octanol–water partition coefficient (Wildman–Crippen LogP) is 2.57. The molecule has 4 N–H and O–H groups in total. The molecule has 1 unspecified atom stereocenters. The van der Waals surface area contributed by atoms with Crippen LogP contribution in [-0.4, -0.2) is 17.1 Å². The molecule has 0 aliphatic carbocycles. The Morgan fingerprint density at radius 2 is 2.25 bits per heavy atom. The van der Waals surface area contributed by atoms with Gasteiger partial charge in [0.15, 0.2) is 0 Å². The zero-order chi connectivity index (χ0) is 12.1. The van der Waals surface area contributed by atoms with Crippen LogP contribution in [0.2, 0.25) is 0 Å². The maximum atomic E-state index is 10.8. The highest BCUT2D eigenvalue weighted by atomic mass is 16.4. The predicted molar refractivity (Wildman–Crippen MR) is 65.8 cm³/mol. The number of anilines is 2. The first kappa shape index (κ1) is 12.4. The molecule has 16 heavy (non-hydrogen) atoms. The third-order valence-corrected chi connectivity index (χ3v) is 2.42. The molecule has 0 saturated heterocycles. The molecule has 0 amide bonds. The van der Waals surface area contributed by atoms with Gasteiger partial charge in [-0.25, -0.2) is 4.79 Å². The number of nitrogen functional groups attached to an aromatic ring is 1. The van der Waals surface area contributed by atoms with Gasteiger partial charge in [-0.3, -0.25) is 0 Å². The van der Waals surface area contributed by atoms with Crippen molar-refractivity contribution in [2.24, 2.45) is 0 Å². The lowest BCUT2D eigenvalue weighted by molar-refractivity contribution is 0.0697. The van der Waals surface area contributed by atoms with Crippen LogP contribution in [0.3, 0.4) is 0 Å². The monoisotopic (exact) mass is 222 g/mol. The van der Waals surface area contributed by atoms with E-state index in [4.69, 9.17) is 10.8 Å². The Balaban J connectivity index is 2.85. The van der Waals surface area contributed by atoms with Gasteiger partial charge in [0.25, 0.3) is 0 Å². The van der Waals surface area contributed by atoms with Gasteiger partial charge in [0.05, 0.1) is 16.9 Å². The summed E-state index contributed by atoms with van der Waals surface area (Å²) in [4.78, 5) is 10.8. The molecule has 0 aromatic heterocycles. The number of hydrogen-bond acceptors (Lipinski definition) is 3. The first-order valence-corrected chi connectivity index (χ1v) is 5.44. The van der Waals surface area contributed by atoms with E-state index in [0.717, 1.165) is 12.8 Å². The van der Waals surface area contributed by atoms with E-state index in [9.17, 15) is 4.79 Å². The van der Waals surface area contributed by atoms with Crippen molar-refractivity contribution in [3.8, 4) is 0 Å². The molecule has 1 atom stereocenters. The minimum absolute atomic E-state index is 0.250. The number of rotatable bonds is 5. The van der Waals surface area contributed by atoms with Crippen molar-refractivity contribution in [2.45, 2.75) is 32.7 Å². The maximum absolute atomic E-state index is 10.8. The Labute approximate surface area is 95.5 Å². The molecule has 1 aromatic rings. The molecule has 1 aromatic carbocycles. The van der Waals surface area contributed by atoms with E-state index in [1.165, 1.54) is 6.07 Å². The molecular weight excluding hydrogens is 204 g/mol. The van der Waals surface area contributed by atoms with Crippen LogP contribution in [0.4, 0.5) is 11.4 Å². The number of aromatic carboxylic acids is 1. The van der Waals surface area contributed by atoms with E-state index < -0.39 is 5.97 Å². The van der Waals surface area contributed by atoms with E-state index in [1.54, 1.807) is 12.1 Å². The highest BCUT2D eigenvalue weighted by Gasteiger charge is 2.08. The van der Waals surface area contributed by atoms with Crippen molar-refractivity contribution in [2.75, 3.05) is 11.1 Å². The number of nitrogens with one attached hydrogen (secondary N) is 1. The van der Waals surface area contributed by atoms with Gasteiger partial charge in [0, 0.05) is 6.04 Å². The molecule has 0 spiro atoms. The summed E-state index contributed by atoms with van der Waals surface area (Å²) < 4.78 is 0. The summed E-state index contributed by atoms with van der Waals surface area (Å²) in [6.45, 7) is 4.16. The molecule has 0 saturated carbocycles. The summed E-state index contributed by atoms with van der Waals surface area (Å²) in [5.41, 5.74) is 7.30. The van der Waals surface area contributed by atoms with Crippen LogP contribution < -0.4 is 11.1 Å². The summed E-state index contributed by atoms with van der Waals surface area (Å²) >= 11 is 0. The van der Waals surface area contributed by atoms with Crippen LogP contribution in [-0.2, 0) is 0 Å². The number of nitrogens with two attached hydrogens (primary N) is 1. The highest BCUT2D eigenvalue weighted by Crippen LogP contribution is 2.21. The molecule has 0 aliphatic heterocycles. The fraction of sp³-hybridized carbons (Fsp3) is 0.417. The van der Waals surface area contributed by atoms with Crippen LogP contribution in [0.5, 0.6) is 0 Å². The summed E-state index contributed by atoms with van der Waals surface area (Å²) in [5.74, 6) is -0.939. The summed E-state index contributed by atoms with van der Waals surface area (Å²) in [7, 11) is 0. The third-order valence-electron chi connectivity index (χ3n) is 2.42. The Hall–Kier alpha value is -1.71. The quantitative estimate of drug-likeness (QED) is 0.669. The third kappa shape index (κ3) is 3.15. The number of carbonyl (C=O) groups is 1. The van der Waals surface area contributed by atoms with Gasteiger partial charge in [-0.2, -0.15) is 0 Å². The average Bonchev–Trinajstić information content (AvgIpc) is 2.21. The summed E-state index contributed by atoms with van der Waals surface area (Å²) in [6, 6.07) is 4.98. The topological polar surface area (TPSA) is 75.3 Å². The van der Waals surface area contributed by atoms with Crippen LogP contribution in [0, 0.1) is 0 Å². The molecule has 0 radical (unpaired) electrons. The summed E-state index contributed by atoms with van der Waals surface area (Å²) in [5, 5.41) is 12.1. The van der Waals surface area contributed by atoms with Crippen molar-refractivity contribution in [3.63, 3.8) is 0 Å². The van der Waals surface area contributed by atoms with Gasteiger partial charge in [-0.15, -0.1) is 0 Å². The number of carboxylic acids is 1. The lowest BCUT2D eigenvalue weighted by Gasteiger charge is -2.16. The lowest BCUT2D eigenvalue weighted by atomic mass is 10.1. The molecule has 0 heterocycles. The molecule has 4 nitrogen and oxygen atoms in total. The number of carboxylic acid groups (broad SMARTS) is 1. The van der Waals surface area contributed by atoms with Gasteiger partial charge < -0.3 is 16.2 Å². The zero-order valence-corrected chi connectivity index (χ0v) is 9.66. The molecule has 0 aliphatic rings. The minimum Gasteiger partial charge on any atom is -0.478 e. The lowest BCUT2D eigenvalue weighted by Crippen LogP contribution is -2.16. The van der Waals surface area contributed by atoms with Crippen molar-refractivity contribution in [1.82, 2.24) is 0 Å². The molecule has 88 valence electrons. The van der Waals surface area contributed by atoms with E-state index in [-0.39, 0.29) is 11.6 Å². The summed E-state index contributed by atoms with van der Waals surface area (Å²) in [6.07, 6.45) is 2.10. The van der Waals surface area contributed by atoms with Gasteiger partial charge in [0.2, 0.25) is 0 Å². The standard InChI is InChI=1S/C12H18N2O2/c1-3-4-8(2)14-11-7-9(12(15)16)5-6-10(11)13/h5-8,14H,3-4,13H2,1-2H3,(H,15,16). The average molecular weight is 222 g/mol. The molecule has 4 heteroatoms. The molecule has 1 rings (SSSR count). The maximum Gasteiger partial charge on any atom is 0.335 e. The first-order valence-electron chi connectivity index (χ1n) is 5.44. The van der Waals surface area contributed by atoms with Crippen LogP contribution in [0.25, 0.3) is 0 Å². The van der Waals surface area contributed by atoms with Crippen molar-refractivity contribution in [3.05, 3.63) is 23.8 Å². The van der Waals surface area contributed by atoms with Gasteiger partial charge in [-0.1, -0.05) is 13.3 Å². The molecule has 0 bridgehead atoms. The van der Waals surface area contributed by atoms with E-state index in [1.807, 2.05) is 0 Å². The van der Waals surface area contributed by atoms with Crippen molar-refractivity contribution >= 4 is 17.3 Å².